The Morgan fingerprint density at radius 2 is 1.38 bits per heavy atom. The maximum absolute atomic E-state index is 13.1. The van der Waals surface area contributed by atoms with E-state index in [4.69, 9.17) is 19.4 Å². The highest BCUT2D eigenvalue weighted by atomic mass is 16.5. The average Bonchev–Trinajstić information content (AvgIpc) is 3.64. The Balaban J connectivity index is 1.90. The molecule has 2 aliphatic heterocycles. The molecule has 5 rings (SSSR count). The first-order valence-electron chi connectivity index (χ1n) is 14.6. The first-order valence-corrected chi connectivity index (χ1v) is 14.6. The van der Waals surface area contributed by atoms with Gasteiger partial charge in [-0.1, -0.05) is 33.4 Å². The molecule has 4 atom stereocenters. The Kier molecular flexibility index (Phi) is 8.08. The third-order valence-corrected chi connectivity index (χ3v) is 9.19. The van der Waals surface area contributed by atoms with Crippen LogP contribution in [0.25, 0.3) is 28.1 Å². The molecule has 3 aromatic rings. The molecule has 0 aliphatic carbocycles. The molecule has 0 aromatic carbocycles. The van der Waals surface area contributed by atoms with Gasteiger partial charge in [-0.25, -0.2) is 4.79 Å². The molecular formula is C34H40N4O4. The SMILES string of the molecule is C=Cc1c(C)c2cc3nc(cc4[nH]c(cc5nc(cc1[nH]2)C(C)C5CC)c(C)c4C(=O)OC)[C@H](CCC(=O)OC)[C@H]3C. The summed E-state index contributed by atoms with van der Waals surface area (Å²) in [5.74, 6) is -0.236. The van der Waals surface area contributed by atoms with E-state index < -0.39 is 5.97 Å². The number of fused-ring (bicyclic) bond motifs is 8. The number of methoxy groups -OCH3 is 2. The van der Waals surface area contributed by atoms with Crippen LogP contribution in [0, 0.1) is 13.8 Å². The van der Waals surface area contributed by atoms with E-state index in [1.165, 1.54) is 14.2 Å². The minimum Gasteiger partial charge on any atom is -0.469 e. The van der Waals surface area contributed by atoms with Gasteiger partial charge in [0.15, 0.2) is 0 Å². The summed E-state index contributed by atoms with van der Waals surface area (Å²) in [6, 6.07) is 8.23. The van der Waals surface area contributed by atoms with Crippen LogP contribution in [0.5, 0.6) is 0 Å². The monoisotopic (exact) mass is 568 g/mol. The molecule has 0 saturated heterocycles. The second-order valence-corrected chi connectivity index (χ2v) is 11.5. The van der Waals surface area contributed by atoms with Gasteiger partial charge in [0.1, 0.15) is 0 Å². The van der Waals surface area contributed by atoms with Crippen molar-refractivity contribution in [1.82, 2.24) is 19.9 Å². The van der Waals surface area contributed by atoms with Gasteiger partial charge in [-0.05, 0) is 62.1 Å². The van der Waals surface area contributed by atoms with Crippen molar-refractivity contribution in [3.8, 4) is 0 Å². The Morgan fingerprint density at radius 3 is 2.00 bits per heavy atom. The van der Waals surface area contributed by atoms with Crippen molar-refractivity contribution in [3.63, 3.8) is 0 Å². The number of esters is 2. The van der Waals surface area contributed by atoms with Crippen LogP contribution < -0.4 is 0 Å². The lowest BCUT2D eigenvalue weighted by Crippen LogP contribution is -2.07. The molecule has 5 heterocycles. The van der Waals surface area contributed by atoms with E-state index in [2.05, 4.69) is 62.4 Å². The van der Waals surface area contributed by atoms with Crippen LogP contribution in [0.4, 0.5) is 0 Å². The van der Waals surface area contributed by atoms with Gasteiger partial charge in [0.2, 0.25) is 0 Å². The number of nitrogens with zero attached hydrogens (tertiary/aromatic N) is 2. The molecule has 220 valence electrons. The van der Waals surface area contributed by atoms with Gasteiger partial charge in [-0.2, -0.15) is 0 Å². The van der Waals surface area contributed by atoms with Crippen molar-refractivity contribution in [2.24, 2.45) is 0 Å². The Bertz CT molecular complexity index is 1730. The fourth-order valence-electron chi connectivity index (χ4n) is 6.56. The molecule has 2 unspecified atom stereocenters. The number of ether oxygens (including phenoxy) is 2. The summed E-state index contributed by atoms with van der Waals surface area (Å²) in [5, 5.41) is 0. The molecule has 0 amide bonds. The fraction of sp³-hybridized carbons (Fsp3) is 0.412. The minimum absolute atomic E-state index is 0.0313. The Hall–Kier alpha value is -4.20. The highest BCUT2D eigenvalue weighted by Gasteiger charge is 2.31. The van der Waals surface area contributed by atoms with E-state index in [9.17, 15) is 9.59 Å². The van der Waals surface area contributed by atoms with Crippen LogP contribution in [0.3, 0.4) is 0 Å². The summed E-state index contributed by atoms with van der Waals surface area (Å²) in [6.45, 7) is 14.6. The molecule has 0 saturated carbocycles. The summed E-state index contributed by atoms with van der Waals surface area (Å²) >= 11 is 0. The van der Waals surface area contributed by atoms with Crippen LogP contribution in [-0.2, 0) is 14.3 Å². The number of hydrogen-bond acceptors (Lipinski definition) is 6. The van der Waals surface area contributed by atoms with Gasteiger partial charge in [-0.3, -0.25) is 14.8 Å². The lowest BCUT2D eigenvalue weighted by atomic mass is 9.87. The topological polar surface area (TPSA) is 110 Å². The van der Waals surface area contributed by atoms with E-state index >= 15 is 0 Å². The summed E-state index contributed by atoms with van der Waals surface area (Å²) in [7, 11) is 2.80. The van der Waals surface area contributed by atoms with Gasteiger partial charge < -0.3 is 19.4 Å². The number of nitrogens with one attached hydrogen (secondary N) is 2. The van der Waals surface area contributed by atoms with Crippen molar-refractivity contribution >= 4 is 40.1 Å². The zero-order valence-corrected chi connectivity index (χ0v) is 25.6. The zero-order valence-electron chi connectivity index (χ0n) is 25.6. The van der Waals surface area contributed by atoms with Gasteiger partial charge in [0.05, 0.1) is 25.3 Å². The zero-order chi connectivity index (χ0) is 30.3. The molecule has 2 aliphatic rings. The summed E-state index contributed by atoms with van der Waals surface area (Å²) in [5.41, 5.74) is 10.5. The first-order chi connectivity index (χ1) is 20.1. The molecule has 42 heavy (non-hydrogen) atoms. The molecule has 8 nitrogen and oxygen atoms in total. The predicted octanol–water partition coefficient (Wildman–Crippen LogP) is 7.50. The molecule has 2 N–H and O–H groups in total. The maximum atomic E-state index is 13.1. The first kappa shape index (κ1) is 29.3. The number of hydrogen-bond donors (Lipinski definition) is 2. The fourth-order valence-corrected chi connectivity index (χ4v) is 6.56. The number of carbonyl (C=O) groups excluding carboxylic acids is 2. The summed E-state index contributed by atoms with van der Waals surface area (Å²) in [4.78, 5) is 42.5. The van der Waals surface area contributed by atoms with Crippen molar-refractivity contribution < 1.29 is 19.1 Å². The second kappa shape index (κ2) is 11.6. The number of H-pyrrole nitrogens is 2. The largest absolute Gasteiger partial charge is 0.469 e. The maximum Gasteiger partial charge on any atom is 0.340 e. The number of aromatic amines is 2. The van der Waals surface area contributed by atoms with E-state index in [-0.39, 0.29) is 36.1 Å². The van der Waals surface area contributed by atoms with Gasteiger partial charge in [0.25, 0.3) is 0 Å². The Morgan fingerprint density at radius 1 is 0.833 bits per heavy atom. The van der Waals surface area contributed by atoms with Crippen molar-refractivity contribution in [3.05, 3.63) is 75.9 Å². The molecule has 8 heteroatoms. The number of rotatable bonds is 6. The summed E-state index contributed by atoms with van der Waals surface area (Å²) < 4.78 is 10.1. The predicted molar refractivity (Wildman–Crippen MR) is 166 cm³/mol. The van der Waals surface area contributed by atoms with Gasteiger partial charge in [-0.15, -0.1) is 0 Å². The van der Waals surface area contributed by atoms with Crippen LogP contribution in [0.15, 0.2) is 30.8 Å². The number of aryl methyl sites for hydroxylation is 2. The minimum atomic E-state index is -0.415. The quantitative estimate of drug-likeness (QED) is 0.298. The van der Waals surface area contributed by atoms with Gasteiger partial charge >= 0.3 is 11.9 Å². The van der Waals surface area contributed by atoms with E-state index in [1.807, 2.05) is 19.1 Å². The van der Waals surface area contributed by atoms with Crippen molar-refractivity contribution in [1.29, 1.82) is 0 Å². The molecule has 0 spiro atoms. The van der Waals surface area contributed by atoms with Crippen LogP contribution in [0.2, 0.25) is 0 Å². The molecule has 0 fully saturated rings. The standard InChI is InChI=1S/C34H40N4O4/c1-9-21-17(3)24-13-25-19(5)23(11-12-32(39)41-7)30(37-25)16-31-33(34(40)42-8)20(6)27(38-31)15-29-22(10-2)18(4)26(36-29)14-28(21)35-24/h9,13-16,18-19,22-23,35,38H,1,10-12H2,2-8H3/t18?,19-,22?,23-/m1/s1. The van der Waals surface area contributed by atoms with Crippen LogP contribution >= 0.6 is 0 Å². The molecular weight excluding hydrogens is 528 g/mol. The van der Waals surface area contributed by atoms with E-state index in [0.717, 1.165) is 62.4 Å². The van der Waals surface area contributed by atoms with Crippen molar-refractivity contribution in [2.75, 3.05) is 14.2 Å². The number of aromatic nitrogens is 4. The normalized spacial score (nSPS) is 19.9. The molecule has 8 bridgehead atoms. The van der Waals surface area contributed by atoms with E-state index in [1.54, 1.807) is 0 Å². The lowest BCUT2D eigenvalue weighted by molar-refractivity contribution is -0.140. The van der Waals surface area contributed by atoms with Crippen LogP contribution in [0.1, 0.15) is 114 Å². The van der Waals surface area contributed by atoms with Crippen molar-refractivity contribution in [2.45, 2.75) is 77.6 Å². The Labute approximate surface area is 246 Å². The third kappa shape index (κ3) is 5.03. The highest BCUT2D eigenvalue weighted by Crippen LogP contribution is 2.42. The lowest BCUT2D eigenvalue weighted by Gasteiger charge is -2.15. The van der Waals surface area contributed by atoms with E-state index in [0.29, 0.717) is 17.5 Å². The highest BCUT2D eigenvalue weighted by molar-refractivity contribution is 6.01. The number of carbonyl (C=O) groups is 2. The second-order valence-electron chi connectivity index (χ2n) is 11.5. The third-order valence-electron chi connectivity index (χ3n) is 9.19. The van der Waals surface area contributed by atoms with Gasteiger partial charge in [0, 0.05) is 75.0 Å². The molecule has 3 aromatic heterocycles. The average molecular weight is 569 g/mol. The summed E-state index contributed by atoms with van der Waals surface area (Å²) in [6.07, 6.45) is 3.66. The van der Waals surface area contributed by atoms with Crippen LogP contribution in [-0.4, -0.2) is 46.1 Å². The smallest absolute Gasteiger partial charge is 0.340 e. The molecule has 0 radical (unpaired) electrons.